The first kappa shape index (κ1) is 13.5. The Morgan fingerprint density at radius 2 is 2.08 bits per heavy atom. The average molecular weight is 227 g/mol. The summed E-state index contributed by atoms with van der Waals surface area (Å²) in [6.45, 7) is 0.850. The molecule has 0 aliphatic rings. The van der Waals surface area contributed by atoms with Gasteiger partial charge in [-0.2, -0.15) is 0 Å². The minimum Gasteiger partial charge on any atom is -0.316 e. The monoisotopic (exact) mass is 227 g/mol. The molecule has 0 bridgehead atoms. The van der Waals surface area contributed by atoms with E-state index in [9.17, 15) is 9.46 Å². The normalized spacial score (nSPS) is 16.5. The quantitative estimate of drug-likeness (QED) is 0.701. The first-order chi connectivity index (χ1) is 5.83. The number of rotatable bonds is 6. The fourth-order valence-corrected chi connectivity index (χ4v) is 3.54. The van der Waals surface area contributed by atoms with Crippen molar-refractivity contribution in [1.29, 1.82) is 0 Å². The molecule has 0 rings (SSSR count). The van der Waals surface area contributed by atoms with Gasteiger partial charge in [0.2, 0.25) is 0 Å². The zero-order valence-corrected chi connectivity index (χ0v) is 10.3. The van der Waals surface area contributed by atoms with Crippen molar-refractivity contribution < 1.29 is 14.0 Å². The minimum absolute atomic E-state index is 0.206. The molecule has 0 aromatic rings. The molecule has 0 heterocycles. The first-order valence-electron chi connectivity index (χ1n) is 4.14. The predicted octanol–water partition coefficient (Wildman–Crippen LogP) is 1.81. The maximum Gasteiger partial charge on any atom is 0.386 e. The van der Waals surface area contributed by atoms with E-state index < -0.39 is 6.80 Å². The molecule has 0 saturated heterocycles. The highest BCUT2D eigenvalue weighted by atomic mass is 32.7. The van der Waals surface area contributed by atoms with Crippen molar-refractivity contribution in [2.75, 3.05) is 26.4 Å². The van der Waals surface area contributed by atoms with Crippen LogP contribution in [0.5, 0.6) is 0 Å². The van der Waals surface area contributed by atoms with Crippen LogP contribution in [0, 0.1) is 0 Å². The molecule has 0 saturated carbocycles. The number of nitrogens with zero attached hydrogens (tertiary/aromatic N) is 1. The van der Waals surface area contributed by atoms with Crippen molar-refractivity contribution in [1.82, 2.24) is 4.90 Å². The van der Waals surface area contributed by atoms with E-state index in [1.54, 1.807) is 13.8 Å². The van der Waals surface area contributed by atoms with E-state index >= 15 is 0 Å². The summed E-state index contributed by atoms with van der Waals surface area (Å²) in [4.78, 5) is 11.2. The summed E-state index contributed by atoms with van der Waals surface area (Å²) in [6, 6.07) is 0. The first-order valence-corrected chi connectivity index (χ1v) is 7.31. The van der Waals surface area contributed by atoms with E-state index in [1.165, 1.54) is 0 Å². The summed E-state index contributed by atoms with van der Waals surface area (Å²) in [5, 5.41) is 0. The lowest BCUT2D eigenvalue weighted by molar-refractivity contribution is 0.217. The van der Waals surface area contributed by atoms with E-state index in [1.807, 2.05) is 19.0 Å². The molecule has 0 fully saturated rings. The summed E-state index contributed by atoms with van der Waals surface area (Å²) in [5.74, 6) is 0.605. The molecular weight excluding hydrogens is 209 g/mol. The standard InChI is InChI=1S/C7H18NO3PS/c1-7(2)11-12(9,10)13-6-5-8(3)4/h7H,5-6H2,1-4H3,(H,9,10). The number of hydrogen-bond acceptors (Lipinski definition) is 4. The molecule has 0 aliphatic carbocycles. The molecule has 1 atom stereocenters. The van der Waals surface area contributed by atoms with Crippen molar-refractivity contribution in [2.45, 2.75) is 20.0 Å². The number of hydrogen-bond donors (Lipinski definition) is 1. The Labute approximate surface area is 83.9 Å². The maximum atomic E-state index is 11.3. The predicted molar refractivity (Wildman–Crippen MR) is 57.1 cm³/mol. The van der Waals surface area contributed by atoms with Gasteiger partial charge in [-0.05, 0) is 39.3 Å². The van der Waals surface area contributed by atoms with Crippen LogP contribution < -0.4 is 0 Å². The van der Waals surface area contributed by atoms with Crippen LogP contribution in [-0.2, 0) is 9.09 Å². The Hall–Kier alpha value is 0.460. The van der Waals surface area contributed by atoms with E-state index in [0.717, 1.165) is 17.9 Å². The van der Waals surface area contributed by atoms with Crippen LogP contribution in [0.1, 0.15) is 13.8 Å². The van der Waals surface area contributed by atoms with Crippen LogP contribution in [0.4, 0.5) is 0 Å². The van der Waals surface area contributed by atoms with Crippen LogP contribution in [0.3, 0.4) is 0 Å². The highest BCUT2D eigenvalue weighted by Crippen LogP contribution is 2.56. The lowest BCUT2D eigenvalue weighted by Crippen LogP contribution is -2.14. The summed E-state index contributed by atoms with van der Waals surface area (Å²) >= 11 is 0.983. The van der Waals surface area contributed by atoms with E-state index in [2.05, 4.69) is 0 Å². The largest absolute Gasteiger partial charge is 0.386 e. The second kappa shape index (κ2) is 6.04. The van der Waals surface area contributed by atoms with Crippen molar-refractivity contribution in [2.24, 2.45) is 0 Å². The van der Waals surface area contributed by atoms with Gasteiger partial charge in [-0.25, -0.2) is 4.57 Å². The van der Waals surface area contributed by atoms with Crippen molar-refractivity contribution >= 4 is 18.2 Å². The Kier molecular flexibility index (Phi) is 6.25. The molecule has 80 valence electrons. The van der Waals surface area contributed by atoms with Crippen LogP contribution in [0.2, 0.25) is 0 Å². The van der Waals surface area contributed by atoms with Gasteiger partial charge < -0.3 is 9.79 Å². The summed E-state index contributed by atoms with van der Waals surface area (Å²) < 4.78 is 16.2. The molecule has 1 N–H and O–H groups in total. The molecule has 0 spiro atoms. The van der Waals surface area contributed by atoms with E-state index in [4.69, 9.17) is 4.52 Å². The van der Waals surface area contributed by atoms with Gasteiger partial charge in [-0.15, -0.1) is 0 Å². The van der Waals surface area contributed by atoms with Gasteiger partial charge in [-0.1, -0.05) is 0 Å². The van der Waals surface area contributed by atoms with Crippen molar-refractivity contribution in [3.05, 3.63) is 0 Å². The molecule has 0 aromatic carbocycles. The van der Waals surface area contributed by atoms with Crippen molar-refractivity contribution in [3.63, 3.8) is 0 Å². The van der Waals surface area contributed by atoms with E-state index in [0.29, 0.717) is 5.75 Å². The fourth-order valence-electron chi connectivity index (χ4n) is 0.636. The molecule has 0 radical (unpaired) electrons. The zero-order valence-electron chi connectivity index (χ0n) is 8.56. The lowest BCUT2D eigenvalue weighted by Gasteiger charge is -2.15. The molecule has 4 nitrogen and oxygen atoms in total. The highest BCUT2D eigenvalue weighted by molar-refractivity contribution is 8.54. The third-order valence-electron chi connectivity index (χ3n) is 1.14. The Bertz CT molecular complexity index is 187. The van der Waals surface area contributed by atoms with Gasteiger partial charge in [0.25, 0.3) is 0 Å². The summed E-state index contributed by atoms with van der Waals surface area (Å²) in [5.41, 5.74) is 0. The Morgan fingerprint density at radius 1 is 1.54 bits per heavy atom. The second-order valence-corrected chi connectivity index (χ2v) is 7.23. The Balaban J connectivity index is 3.70. The lowest BCUT2D eigenvalue weighted by atomic mass is 10.5. The highest BCUT2D eigenvalue weighted by Gasteiger charge is 2.21. The van der Waals surface area contributed by atoms with Gasteiger partial charge in [0.1, 0.15) is 0 Å². The van der Waals surface area contributed by atoms with Crippen LogP contribution in [-0.4, -0.2) is 42.3 Å². The molecule has 1 unspecified atom stereocenters. The molecular formula is C7H18NO3PS. The smallest absolute Gasteiger partial charge is 0.316 e. The molecule has 13 heavy (non-hydrogen) atoms. The van der Waals surface area contributed by atoms with E-state index in [-0.39, 0.29) is 6.10 Å². The van der Waals surface area contributed by atoms with Crippen LogP contribution >= 0.6 is 18.2 Å². The third kappa shape index (κ3) is 8.78. The van der Waals surface area contributed by atoms with Crippen LogP contribution in [0.15, 0.2) is 0 Å². The molecule has 0 aliphatic heterocycles. The SMILES string of the molecule is CC(C)OP(=O)(O)SCCN(C)C. The molecule has 6 heteroatoms. The molecule has 0 aromatic heterocycles. The van der Waals surface area contributed by atoms with Crippen molar-refractivity contribution in [3.8, 4) is 0 Å². The fraction of sp³-hybridized carbons (Fsp3) is 1.00. The third-order valence-corrected chi connectivity index (χ3v) is 4.30. The maximum absolute atomic E-state index is 11.3. The Morgan fingerprint density at radius 3 is 2.46 bits per heavy atom. The topological polar surface area (TPSA) is 49.8 Å². The zero-order chi connectivity index (χ0) is 10.5. The minimum atomic E-state index is -3.41. The van der Waals surface area contributed by atoms with Gasteiger partial charge in [0.05, 0.1) is 6.10 Å². The van der Waals surface area contributed by atoms with Crippen LogP contribution in [0.25, 0.3) is 0 Å². The van der Waals surface area contributed by atoms with Gasteiger partial charge in [-0.3, -0.25) is 4.52 Å². The second-order valence-electron chi connectivity index (χ2n) is 3.26. The van der Waals surface area contributed by atoms with Gasteiger partial charge in [0.15, 0.2) is 0 Å². The van der Waals surface area contributed by atoms with Gasteiger partial charge >= 0.3 is 6.80 Å². The average Bonchev–Trinajstić information content (AvgIpc) is 1.81. The molecule has 0 amide bonds. The summed E-state index contributed by atoms with van der Waals surface area (Å²) in [7, 11) is 3.85. The summed E-state index contributed by atoms with van der Waals surface area (Å²) in [6.07, 6.45) is -0.206. The van der Waals surface area contributed by atoms with Gasteiger partial charge in [0, 0.05) is 12.3 Å².